The molecule has 0 aliphatic carbocycles. The van der Waals surface area contributed by atoms with Gasteiger partial charge in [-0.05, 0) is 38.8 Å². The number of anilines is 1. The van der Waals surface area contributed by atoms with Crippen LogP contribution >= 0.6 is 11.3 Å². The van der Waals surface area contributed by atoms with Gasteiger partial charge in [0.1, 0.15) is 9.71 Å². The van der Waals surface area contributed by atoms with Crippen molar-refractivity contribution in [2.24, 2.45) is 0 Å². The first-order valence-electron chi connectivity index (χ1n) is 6.03. The normalized spacial score (nSPS) is 10.6. The molecule has 0 saturated heterocycles. The molecule has 0 spiro atoms. The van der Waals surface area contributed by atoms with E-state index in [9.17, 15) is 4.79 Å². The van der Waals surface area contributed by atoms with Crippen molar-refractivity contribution in [2.45, 2.75) is 26.7 Å². The van der Waals surface area contributed by atoms with Crippen LogP contribution < -0.4 is 5.73 Å². The third-order valence-corrected chi connectivity index (χ3v) is 3.90. The highest BCUT2D eigenvalue weighted by molar-refractivity contribution is 7.21. The van der Waals surface area contributed by atoms with Crippen LogP contribution in [-0.2, 0) is 6.42 Å². The topological polar surface area (TPSA) is 76.2 Å². The number of hydrogen-bond acceptors (Lipinski definition) is 4. The van der Waals surface area contributed by atoms with Crippen molar-refractivity contribution < 1.29 is 9.90 Å². The van der Waals surface area contributed by atoms with E-state index in [2.05, 4.69) is 24.9 Å². The molecule has 19 heavy (non-hydrogen) atoms. The van der Waals surface area contributed by atoms with Crippen molar-refractivity contribution in [3.05, 3.63) is 34.4 Å². The van der Waals surface area contributed by atoms with Gasteiger partial charge in [0.15, 0.2) is 0 Å². The molecule has 0 aliphatic rings. The van der Waals surface area contributed by atoms with Gasteiger partial charge >= 0.3 is 5.97 Å². The van der Waals surface area contributed by atoms with E-state index in [0.29, 0.717) is 10.5 Å². The molecule has 2 heterocycles. The minimum atomic E-state index is -0.994. The van der Waals surface area contributed by atoms with Gasteiger partial charge in [0.2, 0.25) is 0 Å². The summed E-state index contributed by atoms with van der Waals surface area (Å²) in [5.41, 5.74) is 8.37. The molecule has 100 valence electrons. The Morgan fingerprint density at radius 3 is 2.84 bits per heavy atom. The van der Waals surface area contributed by atoms with Gasteiger partial charge in [-0.3, -0.25) is 0 Å². The first-order chi connectivity index (χ1) is 8.99. The van der Waals surface area contributed by atoms with E-state index in [-0.39, 0.29) is 4.88 Å². The van der Waals surface area contributed by atoms with Gasteiger partial charge in [-0.2, -0.15) is 0 Å². The predicted molar refractivity (Wildman–Crippen MR) is 78.7 cm³/mol. The summed E-state index contributed by atoms with van der Waals surface area (Å²) in [6.45, 7) is 4.13. The summed E-state index contributed by atoms with van der Waals surface area (Å²) in [7, 11) is 0. The van der Waals surface area contributed by atoms with Gasteiger partial charge in [-0.25, -0.2) is 9.78 Å². The van der Waals surface area contributed by atoms with Gasteiger partial charge < -0.3 is 10.8 Å². The Hall–Kier alpha value is -1.88. The summed E-state index contributed by atoms with van der Waals surface area (Å²) in [6, 6.07) is 3.77. The molecule has 4 nitrogen and oxygen atoms in total. The molecule has 0 saturated carbocycles. The lowest BCUT2D eigenvalue weighted by atomic mass is 10.1. The molecule has 5 heteroatoms. The van der Waals surface area contributed by atoms with Crippen LogP contribution in [0.15, 0.2) is 23.8 Å². The second-order valence-electron chi connectivity index (χ2n) is 4.63. The molecule has 0 aromatic carbocycles. The van der Waals surface area contributed by atoms with E-state index in [1.165, 1.54) is 5.57 Å². The second-order valence-corrected chi connectivity index (χ2v) is 5.62. The zero-order valence-electron chi connectivity index (χ0n) is 10.9. The Balaban J connectivity index is 2.31. The number of pyridine rings is 1. The molecule has 0 bridgehead atoms. The lowest BCUT2D eigenvalue weighted by molar-refractivity contribution is 0.0703. The highest BCUT2D eigenvalue weighted by Gasteiger charge is 2.16. The van der Waals surface area contributed by atoms with Crippen molar-refractivity contribution in [2.75, 3.05) is 5.73 Å². The maximum absolute atomic E-state index is 11.0. The number of aryl methyl sites for hydroxylation is 1. The summed E-state index contributed by atoms with van der Waals surface area (Å²) >= 11 is 1.13. The number of carboxylic acid groups (broad SMARTS) is 1. The number of nitrogens with zero attached hydrogens (tertiary/aromatic N) is 1. The van der Waals surface area contributed by atoms with Crippen molar-refractivity contribution in [3.63, 3.8) is 0 Å². The van der Waals surface area contributed by atoms with Gasteiger partial charge in [0, 0.05) is 11.1 Å². The number of hydrogen-bond donors (Lipinski definition) is 2. The first-order valence-corrected chi connectivity index (χ1v) is 6.85. The number of fused-ring (bicyclic) bond motifs is 1. The Bertz CT molecular complexity index is 655. The fourth-order valence-electron chi connectivity index (χ4n) is 1.84. The summed E-state index contributed by atoms with van der Waals surface area (Å²) in [4.78, 5) is 16.4. The minimum Gasteiger partial charge on any atom is -0.477 e. The maximum Gasteiger partial charge on any atom is 0.348 e. The van der Waals surface area contributed by atoms with Gasteiger partial charge in [0.25, 0.3) is 0 Å². The lowest BCUT2D eigenvalue weighted by Crippen LogP contribution is -1.97. The van der Waals surface area contributed by atoms with Crippen molar-refractivity contribution >= 4 is 33.2 Å². The molecule has 0 radical (unpaired) electrons. The van der Waals surface area contributed by atoms with Crippen molar-refractivity contribution in [3.8, 4) is 0 Å². The number of carboxylic acids is 1. The Morgan fingerprint density at radius 1 is 1.47 bits per heavy atom. The van der Waals surface area contributed by atoms with Crippen LogP contribution in [0.25, 0.3) is 10.2 Å². The molecule has 0 aliphatic heterocycles. The summed E-state index contributed by atoms with van der Waals surface area (Å²) in [5.74, 6) is -0.994. The molecular weight excluding hydrogens is 260 g/mol. The van der Waals surface area contributed by atoms with Crippen molar-refractivity contribution in [1.82, 2.24) is 4.98 Å². The van der Waals surface area contributed by atoms with Crippen LogP contribution in [0.5, 0.6) is 0 Å². The summed E-state index contributed by atoms with van der Waals surface area (Å²) in [5, 5.41) is 9.76. The highest BCUT2D eigenvalue weighted by Crippen LogP contribution is 2.32. The van der Waals surface area contributed by atoms with E-state index >= 15 is 0 Å². The molecule has 0 amide bonds. The number of thiophene rings is 1. The van der Waals surface area contributed by atoms with E-state index in [4.69, 9.17) is 10.8 Å². The molecular formula is C14H16N2O2S. The molecule has 2 aromatic rings. The van der Waals surface area contributed by atoms with Crippen molar-refractivity contribution in [1.29, 1.82) is 0 Å². The van der Waals surface area contributed by atoms with Crippen LogP contribution in [0.2, 0.25) is 0 Å². The van der Waals surface area contributed by atoms with Crippen LogP contribution in [0.3, 0.4) is 0 Å². The van der Waals surface area contributed by atoms with Crippen LogP contribution in [0.4, 0.5) is 5.69 Å². The lowest BCUT2D eigenvalue weighted by Gasteiger charge is -1.99. The average Bonchev–Trinajstić information content (AvgIpc) is 2.66. The second kappa shape index (κ2) is 5.40. The minimum absolute atomic E-state index is 0.170. The quantitative estimate of drug-likeness (QED) is 0.838. The number of nitrogen functional groups attached to an aromatic ring is 1. The number of allylic oxidation sites excluding steroid dienone is 2. The Kier molecular flexibility index (Phi) is 3.85. The van der Waals surface area contributed by atoms with Gasteiger partial charge in [-0.1, -0.05) is 11.6 Å². The van der Waals surface area contributed by atoms with Crippen LogP contribution in [-0.4, -0.2) is 16.1 Å². The highest BCUT2D eigenvalue weighted by atomic mass is 32.1. The van der Waals surface area contributed by atoms with Crippen LogP contribution in [0, 0.1) is 0 Å². The standard InChI is InChI=1S/C14H16N2O2S/c1-8(2)4-3-5-9-6-7-10-11(15)12(14(17)18)19-13(10)16-9/h4,6-7H,3,5,15H2,1-2H3,(H,17,18). The van der Waals surface area contributed by atoms with E-state index in [1.54, 1.807) is 0 Å². The Labute approximate surface area is 115 Å². The summed E-state index contributed by atoms with van der Waals surface area (Å²) in [6.07, 6.45) is 3.95. The smallest absolute Gasteiger partial charge is 0.348 e. The zero-order chi connectivity index (χ0) is 14.0. The molecule has 0 fully saturated rings. The first kappa shape index (κ1) is 13.5. The van der Waals surface area contributed by atoms with E-state index in [0.717, 1.165) is 35.3 Å². The van der Waals surface area contributed by atoms with Crippen LogP contribution in [0.1, 0.15) is 35.6 Å². The van der Waals surface area contributed by atoms with E-state index in [1.807, 2.05) is 12.1 Å². The number of nitrogens with two attached hydrogens (primary N) is 1. The predicted octanol–water partition coefficient (Wildman–Crippen LogP) is 3.48. The van der Waals surface area contributed by atoms with Gasteiger partial charge in [0.05, 0.1) is 5.69 Å². The maximum atomic E-state index is 11.0. The zero-order valence-corrected chi connectivity index (χ0v) is 11.8. The third kappa shape index (κ3) is 2.93. The molecule has 3 N–H and O–H groups in total. The number of aromatic carboxylic acids is 1. The van der Waals surface area contributed by atoms with E-state index < -0.39 is 5.97 Å². The Morgan fingerprint density at radius 2 is 2.21 bits per heavy atom. The third-order valence-electron chi connectivity index (χ3n) is 2.80. The number of rotatable bonds is 4. The van der Waals surface area contributed by atoms with Gasteiger partial charge in [-0.15, -0.1) is 11.3 Å². The largest absolute Gasteiger partial charge is 0.477 e. The SMILES string of the molecule is CC(C)=CCCc1ccc2c(N)c(C(=O)O)sc2n1. The molecule has 2 aromatic heterocycles. The fraction of sp³-hybridized carbons (Fsp3) is 0.286. The molecule has 0 unspecified atom stereocenters. The average molecular weight is 276 g/mol. The number of aromatic nitrogens is 1. The fourth-order valence-corrected chi connectivity index (χ4v) is 2.79. The number of carbonyl (C=O) groups is 1. The monoisotopic (exact) mass is 276 g/mol. The molecule has 2 rings (SSSR count). The molecule has 0 atom stereocenters. The summed E-state index contributed by atoms with van der Waals surface area (Å²) < 4.78 is 0.